The smallest absolute Gasteiger partial charge is 0.234 e. The molecule has 0 aliphatic rings. The summed E-state index contributed by atoms with van der Waals surface area (Å²) in [6, 6.07) is 0.0106. The van der Waals surface area contributed by atoms with E-state index >= 15 is 0 Å². The molecule has 0 saturated heterocycles. The highest BCUT2D eigenvalue weighted by atomic mass is 32.1. The fourth-order valence-electron chi connectivity index (χ4n) is 1.65. The van der Waals surface area contributed by atoms with E-state index in [-0.39, 0.29) is 6.04 Å². The zero-order valence-corrected chi connectivity index (χ0v) is 10.7. The third kappa shape index (κ3) is 2.08. The van der Waals surface area contributed by atoms with E-state index in [9.17, 15) is 0 Å². The van der Waals surface area contributed by atoms with Crippen LogP contribution in [0, 0.1) is 5.92 Å². The first kappa shape index (κ1) is 11.5. The molecule has 0 amide bonds. The summed E-state index contributed by atoms with van der Waals surface area (Å²) < 4.78 is 1.81. The summed E-state index contributed by atoms with van der Waals surface area (Å²) in [4.78, 5) is 0.839. The summed E-state index contributed by atoms with van der Waals surface area (Å²) in [7, 11) is 0. The molecule has 0 radical (unpaired) electrons. The number of fused-ring (bicyclic) bond motifs is 1. The Morgan fingerprint density at radius 2 is 2.12 bits per heavy atom. The number of hydrogen-bond acceptors (Lipinski definition) is 5. The van der Waals surface area contributed by atoms with E-state index in [1.807, 2.05) is 6.92 Å². The minimum Gasteiger partial charge on any atom is -0.322 e. The number of aromatic nitrogens is 4. The van der Waals surface area contributed by atoms with Crippen LogP contribution in [0.2, 0.25) is 0 Å². The van der Waals surface area contributed by atoms with Crippen molar-refractivity contribution in [3.05, 3.63) is 10.8 Å². The highest BCUT2D eigenvalue weighted by Gasteiger charge is 2.16. The van der Waals surface area contributed by atoms with Gasteiger partial charge >= 0.3 is 0 Å². The van der Waals surface area contributed by atoms with Crippen LogP contribution in [-0.2, 0) is 6.42 Å². The van der Waals surface area contributed by atoms with Crippen molar-refractivity contribution < 1.29 is 0 Å². The van der Waals surface area contributed by atoms with Crippen LogP contribution >= 0.6 is 11.3 Å². The van der Waals surface area contributed by atoms with Gasteiger partial charge < -0.3 is 5.73 Å². The average molecular weight is 239 g/mol. The van der Waals surface area contributed by atoms with Gasteiger partial charge in [0.15, 0.2) is 5.82 Å². The molecule has 0 saturated carbocycles. The lowest BCUT2D eigenvalue weighted by Crippen LogP contribution is -2.13. The Labute approximate surface area is 98.7 Å². The van der Waals surface area contributed by atoms with Crippen molar-refractivity contribution in [3.8, 4) is 0 Å². The molecule has 2 rings (SSSR count). The Bertz CT molecular complexity index is 472. The van der Waals surface area contributed by atoms with E-state index < -0.39 is 0 Å². The van der Waals surface area contributed by atoms with E-state index in [1.165, 1.54) is 11.3 Å². The molecule has 2 N–H and O–H groups in total. The van der Waals surface area contributed by atoms with E-state index in [1.54, 1.807) is 4.52 Å². The molecule has 0 spiro atoms. The molecule has 6 heteroatoms. The maximum Gasteiger partial charge on any atom is 0.234 e. The molecule has 16 heavy (non-hydrogen) atoms. The molecule has 0 aliphatic carbocycles. The van der Waals surface area contributed by atoms with Gasteiger partial charge in [0.25, 0.3) is 0 Å². The van der Waals surface area contributed by atoms with Crippen LogP contribution in [0.3, 0.4) is 0 Å². The summed E-state index contributed by atoms with van der Waals surface area (Å²) >= 11 is 1.54. The number of hydrogen-bond donors (Lipinski definition) is 1. The maximum absolute atomic E-state index is 6.10. The SMILES string of the molecule is CCc1nnc2sc(C(N)CC(C)C)nn12. The van der Waals surface area contributed by atoms with Crippen LogP contribution in [0.25, 0.3) is 4.96 Å². The average Bonchev–Trinajstić information content (AvgIpc) is 2.74. The summed E-state index contributed by atoms with van der Waals surface area (Å²) in [6.07, 6.45) is 1.79. The van der Waals surface area contributed by atoms with Crippen molar-refractivity contribution >= 4 is 16.3 Å². The Kier molecular flexibility index (Phi) is 3.20. The zero-order chi connectivity index (χ0) is 11.7. The van der Waals surface area contributed by atoms with Gasteiger partial charge in [-0.15, -0.1) is 10.2 Å². The standard InChI is InChI=1S/C10H17N5S/c1-4-8-12-13-10-15(8)14-9(16-10)7(11)5-6(2)3/h6-7H,4-5,11H2,1-3H3. The van der Waals surface area contributed by atoms with Gasteiger partial charge in [-0.05, 0) is 12.3 Å². The Morgan fingerprint density at radius 3 is 2.75 bits per heavy atom. The largest absolute Gasteiger partial charge is 0.322 e. The molecular weight excluding hydrogens is 222 g/mol. The van der Waals surface area contributed by atoms with Crippen molar-refractivity contribution in [2.24, 2.45) is 11.7 Å². The van der Waals surface area contributed by atoms with Gasteiger partial charge in [0.2, 0.25) is 4.96 Å². The van der Waals surface area contributed by atoms with Crippen LogP contribution in [-0.4, -0.2) is 19.8 Å². The number of rotatable bonds is 4. The lowest BCUT2D eigenvalue weighted by molar-refractivity contribution is 0.504. The summed E-state index contributed by atoms with van der Waals surface area (Å²) in [5, 5.41) is 13.6. The first-order valence-electron chi connectivity index (χ1n) is 5.58. The third-order valence-corrected chi connectivity index (χ3v) is 3.46. The minimum absolute atomic E-state index is 0.0106. The van der Waals surface area contributed by atoms with Crippen molar-refractivity contribution in [1.29, 1.82) is 0 Å². The Hall–Kier alpha value is -1.01. The van der Waals surface area contributed by atoms with Crippen molar-refractivity contribution in [2.75, 3.05) is 0 Å². The van der Waals surface area contributed by atoms with Crippen LogP contribution in [0.15, 0.2) is 0 Å². The van der Waals surface area contributed by atoms with Gasteiger partial charge in [-0.2, -0.15) is 9.61 Å². The second-order valence-corrected chi connectivity index (χ2v) is 5.33. The predicted molar refractivity (Wildman–Crippen MR) is 64.4 cm³/mol. The van der Waals surface area contributed by atoms with Gasteiger partial charge in [0.1, 0.15) is 5.01 Å². The fraction of sp³-hybridized carbons (Fsp3) is 0.700. The molecule has 1 unspecified atom stereocenters. The summed E-state index contributed by atoms with van der Waals surface area (Å²) in [6.45, 7) is 6.37. The number of nitrogens with zero attached hydrogens (tertiary/aromatic N) is 4. The van der Waals surface area contributed by atoms with Crippen LogP contribution in [0.5, 0.6) is 0 Å². The minimum atomic E-state index is 0.0106. The molecule has 2 aromatic heterocycles. The molecule has 2 aromatic rings. The van der Waals surface area contributed by atoms with E-state index in [0.717, 1.165) is 28.6 Å². The molecule has 0 aromatic carbocycles. The van der Waals surface area contributed by atoms with Gasteiger partial charge in [-0.3, -0.25) is 0 Å². The van der Waals surface area contributed by atoms with Crippen molar-refractivity contribution in [2.45, 2.75) is 39.7 Å². The molecular formula is C10H17N5S. The lowest BCUT2D eigenvalue weighted by atomic mass is 10.1. The van der Waals surface area contributed by atoms with Gasteiger partial charge in [-0.25, -0.2) is 0 Å². The summed E-state index contributed by atoms with van der Waals surface area (Å²) in [5.74, 6) is 1.48. The second kappa shape index (κ2) is 4.47. The molecule has 0 fully saturated rings. The first-order valence-corrected chi connectivity index (χ1v) is 6.40. The topological polar surface area (TPSA) is 69.1 Å². The van der Waals surface area contributed by atoms with Crippen molar-refractivity contribution in [1.82, 2.24) is 19.8 Å². The monoisotopic (exact) mass is 239 g/mol. The molecule has 2 heterocycles. The molecule has 0 aliphatic heterocycles. The van der Waals surface area contributed by atoms with Gasteiger partial charge in [0, 0.05) is 6.42 Å². The molecule has 88 valence electrons. The summed E-state index contributed by atoms with van der Waals surface area (Å²) in [5.41, 5.74) is 6.10. The molecule has 1 atom stereocenters. The Morgan fingerprint density at radius 1 is 1.38 bits per heavy atom. The highest BCUT2D eigenvalue weighted by Crippen LogP contribution is 2.23. The highest BCUT2D eigenvalue weighted by molar-refractivity contribution is 7.16. The third-order valence-electron chi connectivity index (χ3n) is 2.43. The van der Waals surface area contributed by atoms with E-state index in [0.29, 0.717) is 5.92 Å². The van der Waals surface area contributed by atoms with Gasteiger partial charge in [0.05, 0.1) is 6.04 Å². The van der Waals surface area contributed by atoms with Crippen LogP contribution < -0.4 is 5.73 Å². The Balaban J connectivity index is 2.28. The van der Waals surface area contributed by atoms with E-state index in [4.69, 9.17) is 5.73 Å². The molecule has 0 bridgehead atoms. The van der Waals surface area contributed by atoms with Crippen LogP contribution in [0.4, 0.5) is 0 Å². The quantitative estimate of drug-likeness (QED) is 0.883. The number of nitrogens with two attached hydrogens (primary N) is 1. The normalized spacial score (nSPS) is 13.8. The maximum atomic E-state index is 6.10. The lowest BCUT2D eigenvalue weighted by Gasteiger charge is -2.09. The fourth-order valence-corrected chi connectivity index (χ4v) is 2.52. The number of aryl methyl sites for hydroxylation is 1. The zero-order valence-electron chi connectivity index (χ0n) is 9.84. The van der Waals surface area contributed by atoms with Crippen LogP contribution in [0.1, 0.15) is 44.1 Å². The van der Waals surface area contributed by atoms with Gasteiger partial charge in [-0.1, -0.05) is 32.1 Å². The molecule has 5 nitrogen and oxygen atoms in total. The van der Waals surface area contributed by atoms with Crippen molar-refractivity contribution in [3.63, 3.8) is 0 Å². The van der Waals surface area contributed by atoms with E-state index in [2.05, 4.69) is 29.1 Å². The second-order valence-electron chi connectivity index (χ2n) is 4.34. The first-order chi connectivity index (χ1) is 7.61. The predicted octanol–water partition coefficient (Wildman–Crippen LogP) is 1.79.